The third-order valence-electron chi connectivity index (χ3n) is 13.5. The quantitative estimate of drug-likeness (QED) is 0.0406. The standard InChI is InChI=1S/C61H60N8O4/c1-69(2)53-35-49(39-62-54(56(70)72-3)37-51-41-64-58(67-51)60(43-23-11-5-12-24-43,44-25-13-6-14-26-44)45-27-15-7-16-28-45)66-50(36-53)40-63-55(57(71)73-4)38-52-42-65-59(68-52)61(46-29-17-8-18-30-46,47-31-19-9-20-32-47)48-33-21-10-22-34-48/h5-36,41-42,54-55,62-63H,37-40H2,1-4H3,(H,64,67)(H,65,68)/t54-,55+. The number of H-pyrrole nitrogens is 2. The molecule has 0 amide bonds. The maximum Gasteiger partial charge on any atom is 0.323 e. The molecule has 3 heterocycles. The van der Waals surface area contributed by atoms with E-state index in [0.717, 1.165) is 62.1 Å². The highest BCUT2D eigenvalue weighted by atomic mass is 16.5. The number of esters is 2. The van der Waals surface area contributed by atoms with Gasteiger partial charge in [0.1, 0.15) is 34.6 Å². The van der Waals surface area contributed by atoms with Crippen LogP contribution in [-0.4, -0.2) is 77.3 Å². The average Bonchev–Trinajstić information content (AvgIpc) is 4.13. The highest BCUT2D eigenvalue weighted by Gasteiger charge is 2.42. The summed E-state index contributed by atoms with van der Waals surface area (Å²) >= 11 is 0. The molecule has 2 atom stereocenters. The fraction of sp³-hybridized carbons (Fsp3) is 0.197. The van der Waals surface area contributed by atoms with Crippen molar-refractivity contribution in [2.45, 2.75) is 48.8 Å². The predicted molar refractivity (Wildman–Crippen MR) is 285 cm³/mol. The number of methoxy groups -OCH3 is 2. The van der Waals surface area contributed by atoms with Gasteiger partial charge in [-0.2, -0.15) is 0 Å². The summed E-state index contributed by atoms with van der Waals surface area (Å²) in [6, 6.07) is 64.6. The summed E-state index contributed by atoms with van der Waals surface area (Å²) in [6.45, 7) is 0.502. The molecule has 0 spiro atoms. The van der Waals surface area contributed by atoms with E-state index in [4.69, 9.17) is 24.4 Å². The van der Waals surface area contributed by atoms with Gasteiger partial charge in [0.25, 0.3) is 0 Å². The van der Waals surface area contributed by atoms with Crippen LogP contribution in [0.1, 0.15) is 67.8 Å². The first-order valence-corrected chi connectivity index (χ1v) is 24.5. The Labute approximate surface area is 426 Å². The van der Waals surface area contributed by atoms with E-state index >= 15 is 0 Å². The van der Waals surface area contributed by atoms with Gasteiger partial charge in [-0.15, -0.1) is 0 Å². The second kappa shape index (κ2) is 22.7. The molecule has 9 aromatic rings. The average molecular weight is 969 g/mol. The fourth-order valence-electron chi connectivity index (χ4n) is 9.99. The Balaban J connectivity index is 0.954. The van der Waals surface area contributed by atoms with Crippen molar-refractivity contribution in [3.63, 3.8) is 0 Å². The Bertz CT molecular complexity index is 2780. The van der Waals surface area contributed by atoms with Crippen molar-refractivity contribution in [1.82, 2.24) is 35.6 Å². The summed E-state index contributed by atoms with van der Waals surface area (Å²) in [7, 11) is 6.71. The van der Waals surface area contributed by atoms with Crippen molar-refractivity contribution in [2.75, 3.05) is 33.2 Å². The molecule has 0 aliphatic heterocycles. The van der Waals surface area contributed by atoms with Crippen LogP contribution in [0, 0.1) is 0 Å². The largest absolute Gasteiger partial charge is 0.468 e. The lowest BCUT2D eigenvalue weighted by atomic mass is 9.69. The van der Waals surface area contributed by atoms with E-state index in [1.54, 1.807) is 12.4 Å². The van der Waals surface area contributed by atoms with Gasteiger partial charge in [-0.3, -0.25) is 25.2 Å². The minimum Gasteiger partial charge on any atom is -0.468 e. The zero-order chi connectivity index (χ0) is 50.6. The van der Waals surface area contributed by atoms with Gasteiger partial charge in [-0.05, 0) is 45.5 Å². The molecule has 0 fully saturated rings. The number of nitrogens with one attached hydrogen (secondary N) is 4. The van der Waals surface area contributed by atoms with Gasteiger partial charge < -0.3 is 24.3 Å². The number of carbonyl (C=O) groups excluding carboxylic acids is 2. The summed E-state index contributed by atoms with van der Waals surface area (Å²) in [4.78, 5) is 51.5. The third-order valence-corrected chi connectivity index (χ3v) is 13.5. The van der Waals surface area contributed by atoms with E-state index in [1.165, 1.54) is 14.2 Å². The number of aromatic amines is 2. The molecule has 0 radical (unpaired) electrons. The maximum atomic E-state index is 13.5. The Morgan fingerprint density at radius 3 is 1.04 bits per heavy atom. The lowest BCUT2D eigenvalue weighted by Gasteiger charge is -2.34. The van der Waals surface area contributed by atoms with Crippen molar-refractivity contribution in [3.05, 3.63) is 274 Å². The van der Waals surface area contributed by atoms with E-state index in [1.807, 2.05) is 140 Å². The number of nitrogens with zero attached hydrogens (tertiary/aromatic N) is 4. The number of aromatic nitrogens is 5. The first kappa shape index (κ1) is 49.5. The van der Waals surface area contributed by atoms with Crippen LogP contribution in [0.5, 0.6) is 0 Å². The number of carbonyl (C=O) groups is 2. The molecule has 0 saturated carbocycles. The minimum absolute atomic E-state index is 0.251. The Hall–Kier alpha value is -8.45. The van der Waals surface area contributed by atoms with Gasteiger partial charge in [0, 0.05) is 69.5 Å². The van der Waals surface area contributed by atoms with Crippen LogP contribution in [0.15, 0.2) is 207 Å². The number of anilines is 1. The second-order valence-corrected chi connectivity index (χ2v) is 18.2. The number of ether oxygens (including phenoxy) is 2. The number of rotatable bonds is 21. The number of imidazole rings is 2. The van der Waals surface area contributed by atoms with E-state index < -0.39 is 34.9 Å². The summed E-state index contributed by atoms with van der Waals surface area (Å²) in [5.74, 6) is 0.618. The number of benzene rings is 6. The van der Waals surface area contributed by atoms with Crippen LogP contribution in [0.2, 0.25) is 0 Å². The molecule has 9 rings (SSSR count). The Kier molecular flexibility index (Phi) is 15.4. The van der Waals surface area contributed by atoms with Crippen LogP contribution < -0.4 is 15.5 Å². The molecule has 0 aliphatic rings. The molecule has 0 unspecified atom stereocenters. The summed E-state index contributed by atoms with van der Waals surface area (Å²) < 4.78 is 10.7. The van der Waals surface area contributed by atoms with Crippen molar-refractivity contribution < 1.29 is 19.1 Å². The highest BCUT2D eigenvalue weighted by molar-refractivity contribution is 5.76. The molecule has 6 aromatic carbocycles. The van der Waals surface area contributed by atoms with Gasteiger partial charge in [0.2, 0.25) is 0 Å². The molecule has 0 aliphatic carbocycles. The summed E-state index contributed by atoms with van der Waals surface area (Å²) in [6.07, 6.45) is 4.16. The van der Waals surface area contributed by atoms with Gasteiger partial charge in [-0.25, -0.2) is 9.97 Å². The van der Waals surface area contributed by atoms with Crippen molar-refractivity contribution in [1.29, 1.82) is 0 Å². The van der Waals surface area contributed by atoms with Crippen molar-refractivity contribution in [2.24, 2.45) is 0 Å². The van der Waals surface area contributed by atoms with Gasteiger partial charge in [-0.1, -0.05) is 182 Å². The van der Waals surface area contributed by atoms with Crippen LogP contribution in [0.4, 0.5) is 5.69 Å². The second-order valence-electron chi connectivity index (χ2n) is 18.2. The predicted octanol–water partition coefficient (Wildman–Crippen LogP) is 9.11. The SMILES string of the molecule is COC(=O)[C@H](Cc1cnc(C(c2ccccc2)(c2ccccc2)c2ccccc2)[nH]1)NCc1cc(N(C)C)cc(CN[C@H](Cc2cnc(C(c3ccccc3)(c3ccccc3)c3ccccc3)[nH]2)C(=O)OC)n1. The normalized spacial score (nSPS) is 12.4. The zero-order valence-electron chi connectivity index (χ0n) is 41.5. The summed E-state index contributed by atoms with van der Waals surface area (Å²) in [5, 5.41) is 6.87. The van der Waals surface area contributed by atoms with E-state index in [0.29, 0.717) is 11.4 Å². The van der Waals surface area contributed by atoms with Gasteiger partial charge in [0.05, 0.1) is 25.6 Å². The zero-order valence-corrected chi connectivity index (χ0v) is 41.5. The molecular weight excluding hydrogens is 909 g/mol. The monoisotopic (exact) mass is 968 g/mol. The molecular formula is C61H60N8O4. The minimum atomic E-state index is -0.773. The topological polar surface area (TPSA) is 150 Å². The third kappa shape index (κ3) is 10.5. The van der Waals surface area contributed by atoms with Crippen LogP contribution >= 0.6 is 0 Å². The first-order chi connectivity index (χ1) is 35.7. The molecule has 0 bridgehead atoms. The number of hydrogen-bond acceptors (Lipinski definition) is 10. The van der Waals surface area contributed by atoms with Crippen molar-refractivity contribution >= 4 is 17.6 Å². The summed E-state index contributed by atoms with van der Waals surface area (Å²) in [5.41, 5.74) is 8.57. The fourth-order valence-corrected chi connectivity index (χ4v) is 9.99. The van der Waals surface area contributed by atoms with Crippen LogP contribution in [0.25, 0.3) is 0 Å². The van der Waals surface area contributed by atoms with Gasteiger partial charge >= 0.3 is 11.9 Å². The van der Waals surface area contributed by atoms with Crippen LogP contribution in [0.3, 0.4) is 0 Å². The first-order valence-electron chi connectivity index (χ1n) is 24.5. The molecule has 12 heteroatoms. The van der Waals surface area contributed by atoms with E-state index in [9.17, 15) is 9.59 Å². The lowest BCUT2D eigenvalue weighted by molar-refractivity contribution is -0.144. The Morgan fingerprint density at radius 2 is 0.781 bits per heavy atom. The Morgan fingerprint density at radius 1 is 0.493 bits per heavy atom. The smallest absolute Gasteiger partial charge is 0.323 e. The lowest BCUT2D eigenvalue weighted by Crippen LogP contribution is -2.40. The van der Waals surface area contributed by atoms with Gasteiger partial charge in [0.15, 0.2) is 0 Å². The molecule has 73 heavy (non-hydrogen) atoms. The highest BCUT2D eigenvalue weighted by Crippen LogP contribution is 2.45. The molecule has 0 saturated heterocycles. The molecule has 4 N–H and O–H groups in total. The van der Waals surface area contributed by atoms with Crippen LogP contribution in [-0.2, 0) is 55.8 Å². The van der Waals surface area contributed by atoms with E-state index in [2.05, 4.69) is 93.4 Å². The maximum absolute atomic E-state index is 13.5. The molecule has 12 nitrogen and oxygen atoms in total. The molecule has 3 aromatic heterocycles. The number of pyridine rings is 1. The van der Waals surface area contributed by atoms with Crippen molar-refractivity contribution in [3.8, 4) is 0 Å². The number of hydrogen-bond donors (Lipinski definition) is 4. The molecule has 368 valence electrons. The van der Waals surface area contributed by atoms with E-state index in [-0.39, 0.29) is 25.9 Å².